The summed E-state index contributed by atoms with van der Waals surface area (Å²) in [4.78, 5) is 6.89. The lowest BCUT2D eigenvalue weighted by molar-refractivity contribution is 0.351. The van der Waals surface area contributed by atoms with E-state index in [0.29, 0.717) is 0 Å². The van der Waals surface area contributed by atoms with E-state index >= 15 is 0 Å². The van der Waals surface area contributed by atoms with Crippen LogP contribution in [0.4, 0.5) is 11.5 Å². The van der Waals surface area contributed by atoms with Crippen LogP contribution < -0.4 is 10.6 Å². The smallest absolute Gasteiger partial charge is 0.128 e. The normalized spacial score (nSPS) is 21.1. The van der Waals surface area contributed by atoms with Crippen molar-refractivity contribution in [3.05, 3.63) is 17.8 Å². The number of anilines is 2. The van der Waals surface area contributed by atoms with Gasteiger partial charge in [-0.25, -0.2) is 4.98 Å². The van der Waals surface area contributed by atoms with E-state index in [9.17, 15) is 0 Å². The first-order chi connectivity index (χ1) is 8.58. The minimum atomic E-state index is 0.786. The zero-order valence-corrected chi connectivity index (χ0v) is 11.8. The molecule has 1 atom stereocenters. The van der Waals surface area contributed by atoms with Crippen LogP contribution in [0.1, 0.15) is 38.7 Å². The van der Waals surface area contributed by atoms with Crippen molar-refractivity contribution in [2.24, 2.45) is 11.8 Å². The van der Waals surface area contributed by atoms with Crippen molar-refractivity contribution < 1.29 is 0 Å². The highest BCUT2D eigenvalue weighted by atomic mass is 15.2. The summed E-state index contributed by atoms with van der Waals surface area (Å²) >= 11 is 0. The number of pyridine rings is 1. The maximum atomic E-state index is 5.83. The number of nitrogens with two attached hydrogens (primary N) is 1. The average molecular weight is 247 g/mol. The highest BCUT2D eigenvalue weighted by Gasteiger charge is 2.20. The molecule has 100 valence electrons. The van der Waals surface area contributed by atoms with Crippen LogP contribution in [0, 0.1) is 18.8 Å². The molecule has 0 radical (unpaired) electrons. The Morgan fingerprint density at radius 3 is 2.78 bits per heavy atom. The Balaban J connectivity index is 2.07. The summed E-state index contributed by atoms with van der Waals surface area (Å²) in [6, 6.07) is 2.12. The Hall–Kier alpha value is -1.25. The molecular formula is C15H25N3. The fourth-order valence-corrected chi connectivity index (χ4v) is 2.74. The maximum Gasteiger partial charge on any atom is 0.128 e. The number of aromatic nitrogens is 1. The Bertz CT molecular complexity index is 401. The molecule has 0 aliphatic carbocycles. The second kappa shape index (κ2) is 5.59. The van der Waals surface area contributed by atoms with Gasteiger partial charge < -0.3 is 10.6 Å². The Labute approximate surface area is 110 Å². The SMILES string of the molecule is Cc1cc(N2CCCC(C(C)C)CC2)ncc1N. The summed E-state index contributed by atoms with van der Waals surface area (Å²) in [6.45, 7) is 8.98. The van der Waals surface area contributed by atoms with Crippen molar-refractivity contribution in [1.82, 2.24) is 4.98 Å². The van der Waals surface area contributed by atoms with E-state index in [1.165, 1.54) is 19.3 Å². The van der Waals surface area contributed by atoms with Gasteiger partial charge in [0.1, 0.15) is 5.82 Å². The molecule has 3 nitrogen and oxygen atoms in total. The summed E-state index contributed by atoms with van der Waals surface area (Å²) in [5.74, 6) is 2.75. The Morgan fingerprint density at radius 1 is 1.33 bits per heavy atom. The van der Waals surface area contributed by atoms with Crippen LogP contribution >= 0.6 is 0 Å². The molecule has 2 rings (SSSR count). The van der Waals surface area contributed by atoms with Crippen molar-refractivity contribution in [1.29, 1.82) is 0 Å². The fraction of sp³-hybridized carbons (Fsp3) is 0.667. The van der Waals surface area contributed by atoms with Crippen molar-refractivity contribution in [2.45, 2.75) is 40.0 Å². The van der Waals surface area contributed by atoms with Gasteiger partial charge in [-0.05, 0) is 49.7 Å². The molecule has 3 heteroatoms. The van der Waals surface area contributed by atoms with Crippen molar-refractivity contribution in [3.8, 4) is 0 Å². The van der Waals surface area contributed by atoms with Gasteiger partial charge in [-0.1, -0.05) is 13.8 Å². The van der Waals surface area contributed by atoms with Gasteiger partial charge in [-0.3, -0.25) is 0 Å². The molecule has 1 saturated heterocycles. The van der Waals surface area contributed by atoms with E-state index in [4.69, 9.17) is 5.73 Å². The summed E-state index contributed by atoms with van der Waals surface area (Å²) in [5.41, 5.74) is 7.74. The molecule has 0 amide bonds. The van der Waals surface area contributed by atoms with E-state index in [-0.39, 0.29) is 0 Å². The molecule has 2 N–H and O–H groups in total. The van der Waals surface area contributed by atoms with E-state index in [0.717, 1.165) is 42.0 Å². The second-order valence-electron chi connectivity index (χ2n) is 5.82. The highest BCUT2D eigenvalue weighted by Crippen LogP contribution is 2.27. The van der Waals surface area contributed by atoms with E-state index in [1.54, 1.807) is 6.20 Å². The molecule has 2 heterocycles. The van der Waals surface area contributed by atoms with Crippen molar-refractivity contribution in [3.63, 3.8) is 0 Å². The second-order valence-corrected chi connectivity index (χ2v) is 5.82. The molecule has 0 saturated carbocycles. The zero-order valence-electron chi connectivity index (χ0n) is 11.8. The van der Waals surface area contributed by atoms with Crippen LogP contribution in [0.2, 0.25) is 0 Å². The average Bonchev–Trinajstić information content (AvgIpc) is 2.58. The minimum absolute atomic E-state index is 0.786. The number of hydrogen-bond acceptors (Lipinski definition) is 3. The van der Waals surface area contributed by atoms with Gasteiger partial charge in [0.05, 0.1) is 11.9 Å². The number of nitrogen functional groups attached to an aromatic ring is 1. The van der Waals surface area contributed by atoms with Crippen molar-refractivity contribution >= 4 is 11.5 Å². The standard InChI is InChI=1S/C15H25N3/c1-11(2)13-5-4-7-18(8-6-13)15-9-12(3)14(16)10-17-15/h9-11,13H,4-8,16H2,1-3H3. The predicted molar refractivity (Wildman–Crippen MR) is 77.8 cm³/mol. The number of rotatable bonds is 2. The molecule has 1 aliphatic heterocycles. The largest absolute Gasteiger partial charge is 0.397 e. The van der Waals surface area contributed by atoms with Crippen LogP contribution in [-0.4, -0.2) is 18.1 Å². The van der Waals surface area contributed by atoms with E-state index in [2.05, 4.69) is 36.7 Å². The number of hydrogen-bond donors (Lipinski definition) is 1. The molecule has 0 aromatic carbocycles. The summed E-state index contributed by atoms with van der Waals surface area (Å²) in [5, 5.41) is 0. The van der Waals surface area contributed by atoms with Gasteiger partial charge >= 0.3 is 0 Å². The van der Waals surface area contributed by atoms with Gasteiger partial charge in [-0.2, -0.15) is 0 Å². The maximum absolute atomic E-state index is 5.83. The van der Waals surface area contributed by atoms with E-state index < -0.39 is 0 Å². The molecule has 0 bridgehead atoms. The molecule has 1 aromatic rings. The summed E-state index contributed by atoms with van der Waals surface area (Å²) in [6.07, 6.45) is 5.69. The van der Waals surface area contributed by atoms with Crippen molar-refractivity contribution in [2.75, 3.05) is 23.7 Å². The monoisotopic (exact) mass is 247 g/mol. The van der Waals surface area contributed by atoms with Gasteiger partial charge in [0.2, 0.25) is 0 Å². The van der Waals surface area contributed by atoms with Crippen LogP contribution in [0.15, 0.2) is 12.3 Å². The summed E-state index contributed by atoms with van der Waals surface area (Å²) < 4.78 is 0. The first-order valence-corrected chi connectivity index (χ1v) is 7.05. The Morgan fingerprint density at radius 2 is 2.11 bits per heavy atom. The van der Waals surface area contributed by atoms with Gasteiger partial charge in [-0.15, -0.1) is 0 Å². The number of nitrogens with zero attached hydrogens (tertiary/aromatic N) is 2. The third-order valence-corrected chi connectivity index (χ3v) is 4.18. The highest BCUT2D eigenvalue weighted by molar-refractivity contribution is 5.52. The Kier molecular flexibility index (Phi) is 4.10. The van der Waals surface area contributed by atoms with Crippen LogP contribution in [0.5, 0.6) is 0 Å². The van der Waals surface area contributed by atoms with Gasteiger partial charge in [0, 0.05) is 13.1 Å². The molecule has 1 aromatic heterocycles. The lowest BCUT2D eigenvalue weighted by atomic mass is 9.89. The van der Waals surface area contributed by atoms with Gasteiger partial charge in [0.15, 0.2) is 0 Å². The third-order valence-electron chi connectivity index (χ3n) is 4.18. The minimum Gasteiger partial charge on any atom is -0.397 e. The lowest BCUT2D eigenvalue weighted by Crippen LogP contribution is -2.25. The molecule has 0 spiro atoms. The molecule has 1 aliphatic rings. The topological polar surface area (TPSA) is 42.2 Å². The van der Waals surface area contributed by atoms with Crippen LogP contribution in [0.25, 0.3) is 0 Å². The van der Waals surface area contributed by atoms with Gasteiger partial charge in [0.25, 0.3) is 0 Å². The summed E-state index contributed by atoms with van der Waals surface area (Å²) in [7, 11) is 0. The quantitative estimate of drug-likeness (QED) is 0.872. The molecule has 18 heavy (non-hydrogen) atoms. The lowest BCUT2D eigenvalue weighted by Gasteiger charge is -2.23. The van der Waals surface area contributed by atoms with Crippen LogP contribution in [-0.2, 0) is 0 Å². The fourth-order valence-electron chi connectivity index (χ4n) is 2.74. The predicted octanol–water partition coefficient (Wildman–Crippen LogP) is 3.23. The first kappa shape index (κ1) is 13.2. The van der Waals surface area contributed by atoms with E-state index in [1.807, 2.05) is 0 Å². The third kappa shape index (κ3) is 2.95. The molecular weight excluding hydrogens is 222 g/mol. The number of aryl methyl sites for hydroxylation is 1. The first-order valence-electron chi connectivity index (χ1n) is 7.05. The van der Waals surface area contributed by atoms with Crippen LogP contribution in [0.3, 0.4) is 0 Å². The zero-order chi connectivity index (χ0) is 13.1. The molecule has 1 unspecified atom stereocenters. The molecule has 1 fully saturated rings.